The number of rotatable bonds is 8. The molecule has 0 saturated carbocycles. The zero-order chi connectivity index (χ0) is 26.2. The van der Waals surface area contributed by atoms with Crippen LogP contribution in [-0.2, 0) is 0 Å². The lowest BCUT2D eigenvalue weighted by Gasteiger charge is -2.08. The Hall–Kier alpha value is -4.89. The Kier molecular flexibility index (Phi) is 7.97. The lowest BCUT2D eigenvalue weighted by molar-refractivity contribution is 0.0733. The molecule has 0 saturated heterocycles. The molecule has 0 unspecified atom stereocenters. The van der Waals surface area contributed by atoms with Crippen LogP contribution in [0.3, 0.4) is 0 Å². The second kappa shape index (κ2) is 11.7. The maximum Gasteiger partial charge on any atom is 0.343 e. The highest BCUT2D eigenvalue weighted by atomic mass is 35.5. The molecule has 3 aromatic carbocycles. The first-order valence-corrected chi connectivity index (χ1v) is 11.2. The Morgan fingerprint density at radius 2 is 1.65 bits per heavy atom. The van der Waals surface area contributed by atoms with Crippen LogP contribution >= 0.6 is 11.6 Å². The van der Waals surface area contributed by atoms with Gasteiger partial charge in [0, 0.05) is 21.8 Å². The van der Waals surface area contributed by atoms with Crippen molar-refractivity contribution in [2.45, 2.75) is 0 Å². The summed E-state index contributed by atoms with van der Waals surface area (Å²) in [6.07, 6.45) is 2.72. The number of nitrogens with zero attached hydrogens (tertiary/aromatic N) is 1. The Balaban J connectivity index is 1.38. The van der Waals surface area contributed by atoms with E-state index in [2.05, 4.69) is 15.8 Å². The lowest BCUT2D eigenvalue weighted by Crippen LogP contribution is -2.18. The molecule has 9 nitrogen and oxygen atoms in total. The average molecular weight is 518 g/mol. The summed E-state index contributed by atoms with van der Waals surface area (Å²) >= 11 is 6.09. The number of methoxy groups -OCH3 is 1. The number of halogens is 1. The van der Waals surface area contributed by atoms with Crippen molar-refractivity contribution in [1.82, 2.24) is 5.43 Å². The van der Waals surface area contributed by atoms with Gasteiger partial charge in [-0.15, -0.1) is 0 Å². The van der Waals surface area contributed by atoms with Gasteiger partial charge in [-0.3, -0.25) is 9.59 Å². The fourth-order valence-corrected chi connectivity index (χ4v) is 3.31. The number of hydrogen-bond acceptors (Lipinski definition) is 7. The number of nitrogens with one attached hydrogen (secondary N) is 2. The summed E-state index contributed by atoms with van der Waals surface area (Å²) in [5, 5.41) is 7.01. The zero-order valence-electron chi connectivity index (χ0n) is 19.4. The summed E-state index contributed by atoms with van der Waals surface area (Å²) in [5.74, 6) is -0.482. The average Bonchev–Trinajstić information content (AvgIpc) is 3.46. The number of carbonyl (C=O) groups excluding carboxylic acids is 3. The zero-order valence-corrected chi connectivity index (χ0v) is 20.2. The molecule has 0 spiro atoms. The van der Waals surface area contributed by atoms with Crippen LogP contribution in [0.1, 0.15) is 36.8 Å². The van der Waals surface area contributed by atoms with E-state index in [1.807, 2.05) is 0 Å². The number of hydrazone groups is 1. The Labute approximate surface area is 216 Å². The smallest absolute Gasteiger partial charge is 0.343 e. The van der Waals surface area contributed by atoms with Crippen LogP contribution in [0.15, 0.2) is 94.6 Å². The SMILES string of the molecule is COc1ccc(C(=O)Oc2ccc(Cl)cc2/C=N/NC(=O)c2ccc(NC(=O)c3ccco3)cc2)cc1. The first-order valence-electron chi connectivity index (χ1n) is 10.9. The molecule has 0 radical (unpaired) electrons. The summed E-state index contributed by atoms with van der Waals surface area (Å²) in [4.78, 5) is 37.1. The molecule has 0 bridgehead atoms. The van der Waals surface area contributed by atoms with Crippen LogP contribution in [-0.4, -0.2) is 31.1 Å². The van der Waals surface area contributed by atoms with Gasteiger partial charge in [0.1, 0.15) is 11.5 Å². The quantitative estimate of drug-likeness (QED) is 0.144. The third kappa shape index (κ3) is 6.62. The van der Waals surface area contributed by atoms with Gasteiger partial charge in [0.15, 0.2) is 5.76 Å². The van der Waals surface area contributed by atoms with Gasteiger partial charge < -0.3 is 19.2 Å². The van der Waals surface area contributed by atoms with Crippen molar-refractivity contribution in [2.75, 3.05) is 12.4 Å². The molecule has 2 amide bonds. The topological polar surface area (TPSA) is 119 Å². The summed E-state index contributed by atoms with van der Waals surface area (Å²) in [6.45, 7) is 0. The molecule has 0 atom stereocenters. The molecule has 0 aliphatic rings. The van der Waals surface area contributed by atoms with Gasteiger partial charge in [-0.1, -0.05) is 11.6 Å². The summed E-state index contributed by atoms with van der Waals surface area (Å²) in [7, 11) is 1.53. The molecule has 4 rings (SSSR count). The summed E-state index contributed by atoms with van der Waals surface area (Å²) in [5.41, 5.74) is 3.91. The third-order valence-electron chi connectivity index (χ3n) is 5.02. The highest BCUT2D eigenvalue weighted by molar-refractivity contribution is 6.31. The molecule has 0 aliphatic heterocycles. The van der Waals surface area contributed by atoms with E-state index in [-0.39, 0.29) is 11.5 Å². The van der Waals surface area contributed by atoms with Crippen LogP contribution in [0.5, 0.6) is 11.5 Å². The maximum absolute atomic E-state index is 12.5. The highest BCUT2D eigenvalue weighted by Crippen LogP contribution is 2.23. The molecule has 1 aromatic heterocycles. The maximum atomic E-state index is 12.5. The summed E-state index contributed by atoms with van der Waals surface area (Å²) < 4.78 is 15.6. The van der Waals surface area contributed by atoms with Crippen LogP contribution in [0.4, 0.5) is 5.69 Å². The molecule has 186 valence electrons. The number of furan rings is 1. The van der Waals surface area contributed by atoms with Crippen molar-refractivity contribution >= 4 is 41.3 Å². The minimum absolute atomic E-state index is 0.172. The summed E-state index contributed by atoms with van der Waals surface area (Å²) in [6, 6.07) is 20.5. The fraction of sp³-hybridized carbons (Fsp3) is 0.0370. The monoisotopic (exact) mass is 517 g/mol. The van der Waals surface area contributed by atoms with Crippen molar-refractivity contribution in [1.29, 1.82) is 0 Å². The number of carbonyl (C=O) groups is 3. The van der Waals surface area contributed by atoms with Crippen LogP contribution < -0.4 is 20.2 Å². The molecule has 1 heterocycles. The van der Waals surface area contributed by atoms with Crippen LogP contribution in [0.25, 0.3) is 0 Å². The van der Waals surface area contributed by atoms with E-state index < -0.39 is 17.8 Å². The molecule has 2 N–H and O–H groups in total. The largest absolute Gasteiger partial charge is 0.497 e. The number of ether oxygens (including phenoxy) is 2. The second-order valence-electron chi connectivity index (χ2n) is 7.51. The lowest BCUT2D eigenvalue weighted by atomic mass is 10.2. The van der Waals surface area contributed by atoms with E-state index in [0.717, 1.165) is 0 Å². The second-order valence-corrected chi connectivity index (χ2v) is 7.94. The number of amides is 2. The van der Waals surface area contributed by atoms with E-state index in [4.69, 9.17) is 25.5 Å². The standard InChI is InChI=1S/C27H20ClN3O6/c1-35-22-11-6-18(7-12-22)27(34)37-23-13-8-20(28)15-19(23)16-29-31-25(32)17-4-9-21(10-5-17)30-26(33)24-3-2-14-36-24/h2-16H,1H3,(H,30,33)(H,31,32)/b29-16+. The van der Waals surface area contributed by atoms with E-state index in [0.29, 0.717) is 33.1 Å². The molecule has 10 heteroatoms. The number of benzene rings is 3. The predicted molar refractivity (Wildman–Crippen MR) is 138 cm³/mol. The predicted octanol–water partition coefficient (Wildman–Crippen LogP) is 5.18. The van der Waals surface area contributed by atoms with Gasteiger partial charge in [-0.25, -0.2) is 10.2 Å². The van der Waals surface area contributed by atoms with Gasteiger partial charge in [0.05, 0.1) is 25.2 Å². The van der Waals surface area contributed by atoms with E-state index in [1.54, 1.807) is 60.7 Å². The van der Waals surface area contributed by atoms with E-state index in [1.165, 1.54) is 37.8 Å². The first-order chi connectivity index (χ1) is 17.9. The van der Waals surface area contributed by atoms with Gasteiger partial charge in [-0.05, 0) is 78.9 Å². The molecule has 4 aromatic rings. The number of anilines is 1. The van der Waals surface area contributed by atoms with Gasteiger partial charge in [0.25, 0.3) is 11.8 Å². The Morgan fingerprint density at radius 3 is 2.32 bits per heavy atom. The molecular formula is C27H20ClN3O6. The number of hydrogen-bond donors (Lipinski definition) is 2. The Bertz CT molecular complexity index is 1430. The van der Waals surface area contributed by atoms with Crippen molar-refractivity contribution in [2.24, 2.45) is 5.10 Å². The van der Waals surface area contributed by atoms with Crippen LogP contribution in [0, 0.1) is 0 Å². The fourth-order valence-electron chi connectivity index (χ4n) is 3.13. The van der Waals surface area contributed by atoms with Gasteiger partial charge in [-0.2, -0.15) is 5.10 Å². The minimum atomic E-state index is -0.581. The molecule has 37 heavy (non-hydrogen) atoms. The first kappa shape index (κ1) is 25.2. The Morgan fingerprint density at radius 1 is 0.919 bits per heavy atom. The molecular weight excluding hydrogens is 498 g/mol. The van der Waals surface area contributed by atoms with Crippen molar-refractivity contribution in [3.8, 4) is 11.5 Å². The van der Waals surface area contributed by atoms with Crippen molar-refractivity contribution < 1.29 is 28.3 Å². The van der Waals surface area contributed by atoms with Crippen molar-refractivity contribution in [3.05, 3.63) is 113 Å². The third-order valence-corrected chi connectivity index (χ3v) is 5.25. The normalized spacial score (nSPS) is 10.6. The van der Waals surface area contributed by atoms with E-state index >= 15 is 0 Å². The van der Waals surface area contributed by atoms with Gasteiger partial charge in [0.2, 0.25) is 0 Å². The molecule has 0 fully saturated rings. The van der Waals surface area contributed by atoms with E-state index in [9.17, 15) is 14.4 Å². The minimum Gasteiger partial charge on any atom is -0.497 e. The van der Waals surface area contributed by atoms with Crippen molar-refractivity contribution in [3.63, 3.8) is 0 Å². The highest BCUT2D eigenvalue weighted by Gasteiger charge is 2.13. The molecule has 0 aliphatic carbocycles. The number of esters is 1. The van der Waals surface area contributed by atoms with Gasteiger partial charge >= 0.3 is 5.97 Å². The van der Waals surface area contributed by atoms with Crippen LogP contribution in [0.2, 0.25) is 5.02 Å².